The highest BCUT2D eigenvalue weighted by Crippen LogP contribution is 2.38. The highest BCUT2D eigenvalue weighted by atomic mass is 16.5. The lowest BCUT2D eigenvalue weighted by Gasteiger charge is -2.15. The molecule has 0 radical (unpaired) electrons. The van der Waals surface area contributed by atoms with Gasteiger partial charge in [0.15, 0.2) is 0 Å². The monoisotopic (exact) mass is 377 g/mol. The maximum absolute atomic E-state index is 12.6. The van der Waals surface area contributed by atoms with Gasteiger partial charge in [0.25, 0.3) is 0 Å². The summed E-state index contributed by atoms with van der Waals surface area (Å²) < 4.78 is 10.5. The molecule has 28 heavy (non-hydrogen) atoms. The van der Waals surface area contributed by atoms with Crippen molar-refractivity contribution in [2.45, 2.75) is 12.8 Å². The number of hydrogen-bond acceptors (Lipinski definition) is 5. The molecule has 2 aromatic rings. The van der Waals surface area contributed by atoms with Crippen molar-refractivity contribution in [1.82, 2.24) is 0 Å². The number of esters is 1. The molecule has 2 atom stereocenters. The van der Waals surface area contributed by atoms with Crippen LogP contribution in [0.5, 0.6) is 11.5 Å². The summed E-state index contributed by atoms with van der Waals surface area (Å²) in [5.74, 6) is -0.509. The summed E-state index contributed by atoms with van der Waals surface area (Å²) in [6.45, 7) is 0. The Kier molecular flexibility index (Phi) is 4.69. The number of fused-ring (bicyclic) bond motifs is 1. The number of carbonyl (C=O) groups excluding carboxylic acids is 3. The molecule has 2 aromatic carbocycles. The average molecular weight is 377 g/mol. The molecule has 1 aliphatic heterocycles. The molecule has 1 saturated heterocycles. The van der Waals surface area contributed by atoms with Crippen LogP contribution >= 0.6 is 0 Å². The number of allylic oxidation sites excluding steroid dienone is 2. The third-order valence-electron chi connectivity index (χ3n) is 5.12. The van der Waals surface area contributed by atoms with E-state index in [0.29, 0.717) is 35.6 Å². The Morgan fingerprint density at radius 3 is 2.18 bits per heavy atom. The predicted octanol–water partition coefficient (Wildman–Crippen LogP) is 3.37. The quantitative estimate of drug-likeness (QED) is 0.354. The molecule has 0 N–H and O–H groups in total. The summed E-state index contributed by atoms with van der Waals surface area (Å²) in [4.78, 5) is 38.8. The lowest BCUT2D eigenvalue weighted by Crippen LogP contribution is -2.30. The van der Waals surface area contributed by atoms with Crippen LogP contribution in [0.1, 0.15) is 23.2 Å². The predicted molar refractivity (Wildman–Crippen MR) is 102 cm³/mol. The Hall–Kier alpha value is -3.41. The minimum Gasteiger partial charge on any atom is -0.497 e. The summed E-state index contributed by atoms with van der Waals surface area (Å²) in [5.41, 5.74) is 0.857. The normalized spacial score (nSPS) is 20.8. The lowest BCUT2D eigenvalue weighted by atomic mass is 9.85. The highest BCUT2D eigenvalue weighted by molar-refractivity contribution is 6.22. The van der Waals surface area contributed by atoms with Gasteiger partial charge in [0.05, 0.1) is 30.2 Å². The molecule has 4 rings (SSSR count). The number of nitrogens with zero attached hydrogens (tertiary/aromatic N) is 1. The first-order chi connectivity index (χ1) is 13.6. The molecule has 0 saturated carbocycles. The van der Waals surface area contributed by atoms with E-state index in [2.05, 4.69) is 0 Å². The van der Waals surface area contributed by atoms with Gasteiger partial charge in [-0.25, -0.2) is 4.79 Å². The van der Waals surface area contributed by atoms with Crippen molar-refractivity contribution in [3.63, 3.8) is 0 Å². The fourth-order valence-electron chi connectivity index (χ4n) is 3.63. The molecular formula is C22H19NO5. The van der Waals surface area contributed by atoms with E-state index in [-0.39, 0.29) is 23.7 Å². The molecule has 1 heterocycles. The van der Waals surface area contributed by atoms with Crippen molar-refractivity contribution < 1.29 is 23.9 Å². The largest absolute Gasteiger partial charge is 0.497 e. The minimum atomic E-state index is -0.517. The molecule has 1 fully saturated rings. The zero-order valence-corrected chi connectivity index (χ0v) is 15.3. The van der Waals surface area contributed by atoms with Gasteiger partial charge in [0, 0.05) is 0 Å². The van der Waals surface area contributed by atoms with E-state index in [1.807, 2.05) is 12.2 Å². The van der Waals surface area contributed by atoms with E-state index < -0.39 is 5.97 Å². The Labute approximate surface area is 162 Å². The standard InChI is InChI=1S/C22H19NO5/c1-27-17-6-4-5-14(13-17)22(26)28-16-11-9-15(10-12-16)23-20(24)18-7-2-3-8-19(18)21(23)25/h2-6,9-13,18-19H,7-8H2,1H3/t18-,19-/m0/s1. The van der Waals surface area contributed by atoms with E-state index >= 15 is 0 Å². The third-order valence-corrected chi connectivity index (χ3v) is 5.12. The molecule has 0 spiro atoms. The van der Waals surface area contributed by atoms with Crippen LogP contribution in [-0.4, -0.2) is 24.9 Å². The van der Waals surface area contributed by atoms with Gasteiger partial charge in [0.2, 0.25) is 11.8 Å². The second kappa shape index (κ2) is 7.31. The first kappa shape index (κ1) is 18.0. The first-order valence-electron chi connectivity index (χ1n) is 9.07. The molecular weight excluding hydrogens is 358 g/mol. The van der Waals surface area contributed by atoms with Crippen LogP contribution in [0, 0.1) is 11.8 Å². The summed E-state index contributed by atoms with van der Waals surface area (Å²) in [6, 6.07) is 13.1. The number of imide groups is 1. The minimum absolute atomic E-state index is 0.166. The van der Waals surface area contributed by atoms with Crippen molar-refractivity contribution in [1.29, 1.82) is 0 Å². The Morgan fingerprint density at radius 2 is 1.57 bits per heavy atom. The molecule has 2 amide bonds. The molecule has 142 valence electrons. The number of benzene rings is 2. The Balaban J connectivity index is 1.49. The molecule has 0 bridgehead atoms. The second-order valence-electron chi connectivity index (χ2n) is 6.78. The number of methoxy groups -OCH3 is 1. The van der Waals surface area contributed by atoms with Gasteiger partial charge in [-0.05, 0) is 55.3 Å². The van der Waals surface area contributed by atoms with Crippen molar-refractivity contribution in [3.05, 3.63) is 66.2 Å². The van der Waals surface area contributed by atoms with Crippen LogP contribution in [0.15, 0.2) is 60.7 Å². The van der Waals surface area contributed by atoms with E-state index in [1.54, 1.807) is 48.5 Å². The van der Waals surface area contributed by atoms with Crippen LogP contribution < -0.4 is 14.4 Å². The van der Waals surface area contributed by atoms with Crippen LogP contribution in [0.2, 0.25) is 0 Å². The Bertz CT molecular complexity index is 937. The zero-order chi connectivity index (χ0) is 19.7. The van der Waals surface area contributed by atoms with Crippen molar-refractivity contribution in [2.75, 3.05) is 12.0 Å². The zero-order valence-electron chi connectivity index (χ0n) is 15.3. The molecule has 0 unspecified atom stereocenters. The highest BCUT2D eigenvalue weighted by Gasteiger charge is 2.47. The molecule has 1 aliphatic carbocycles. The van der Waals surface area contributed by atoms with Crippen LogP contribution in [0.25, 0.3) is 0 Å². The van der Waals surface area contributed by atoms with E-state index in [4.69, 9.17) is 9.47 Å². The van der Waals surface area contributed by atoms with Gasteiger partial charge < -0.3 is 9.47 Å². The van der Waals surface area contributed by atoms with E-state index in [9.17, 15) is 14.4 Å². The number of anilines is 1. The first-order valence-corrected chi connectivity index (χ1v) is 9.07. The van der Waals surface area contributed by atoms with Crippen LogP contribution in [0.4, 0.5) is 5.69 Å². The van der Waals surface area contributed by atoms with Crippen LogP contribution in [0.3, 0.4) is 0 Å². The van der Waals surface area contributed by atoms with Gasteiger partial charge in [-0.2, -0.15) is 0 Å². The average Bonchev–Trinajstić information content (AvgIpc) is 2.99. The van der Waals surface area contributed by atoms with Gasteiger partial charge in [-0.3, -0.25) is 14.5 Å². The lowest BCUT2D eigenvalue weighted by molar-refractivity contribution is -0.122. The number of ether oxygens (including phenoxy) is 2. The van der Waals surface area contributed by atoms with E-state index in [1.165, 1.54) is 12.0 Å². The number of rotatable bonds is 4. The molecule has 2 aliphatic rings. The topological polar surface area (TPSA) is 72.9 Å². The summed E-state index contributed by atoms with van der Waals surface area (Å²) in [7, 11) is 1.52. The summed E-state index contributed by atoms with van der Waals surface area (Å²) in [6.07, 6.45) is 5.11. The van der Waals surface area contributed by atoms with Crippen molar-refractivity contribution >= 4 is 23.5 Å². The van der Waals surface area contributed by atoms with Gasteiger partial charge in [0.1, 0.15) is 11.5 Å². The smallest absolute Gasteiger partial charge is 0.343 e. The fraction of sp³-hybridized carbons (Fsp3) is 0.227. The van der Waals surface area contributed by atoms with E-state index in [0.717, 1.165) is 0 Å². The SMILES string of the molecule is COc1cccc(C(=O)Oc2ccc(N3C(=O)[C@H]4CC=CC[C@@H]4C3=O)cc2)c1. The van der Waals surface area contributed by atoms with Crippen LogP contribution in [-0.2, 0) is 9.59 Å². The van der Waals surface area contributed by atoms with Gasteiger partial charge in [-0.15, -0.1) is 0 Å². The molecule has 6 heteroatoms. The molecule has 0 aromatic heterocycles. The third kappa shape index (κ3) is 3.17. The summed E-state index contributed by atoms with van der Waals surface area (Å²) >= 11 is 0. The Morgan fingerprint density at radius 1 is 0.929 bits per heavy atom. The fourth-order valence-corrected chi connectivity index (χ4v) is 3.63. The summed E-state index contributed by atoms with van der Waals surface area (Å²) in [5, 5.41) is 0. The number of amides is 2. The number of hydrogen-bond donors (Lipinski definition) is 0. The number of carbonyl (C=O) groups is 3. The molecule has 6 nitrogen and oxygen atoms in total. The van der Waals surface area contributed by atoms with Crippen molar-refractivity contribution in [2.24, 2.45) is 11.8 Å². The maximum atomic E-state index is 12.6. The maximum Gasteiger partial charge on any atom is 0.343 e. The second-order valence-corrected chi connectivity index (χ2v) is 6.78. The van der Waals surface area contributed by atoms with Gasteiger partial charge in [-0.1, -0.05) is 18.2 Å². The van der Waals surface area contributed by atoms with Gasteiger partial charge >= 0.3 is 5.97 Å². The van der Waals surface area contributed by atoms with Crippen molar-refractivity contribution in [3.8, 4) is 11.5 Å².